The summed E-state index contributed by atoms with van der Waals surface area (Å²) in [6.07, 6.45) is 0. The standard InChI is InChI=1S/C16H14N2O/c1-11-7-3-6-10-15(11)19-16-12(2)17-13-8-4-5-9-14(13)18-16/h3-10H,1-2H3. The Balaban J connectivity index is 2.06. The van der Waals surface area contributed by atoms with Gasteiger partial charge in [0.05, 0.1) is 11.0 Å². The zero-order valence-corrected chi connectivity index (χ0v) is 10.9. The van der Waals surface area contributed by atoms with E-state index in [9.17, 15) is 0 Å². The summed E-state index contributed by atoms with van der Waals surface area (Å²) < 4.78 is 5.87. The molecule has 0 fully saturated rings. The molecule has 2 aromatic carbocycles. The summed E-state index contributed by atoms with van der Waals surface area (Å²) in [7, 11) is 0. The van der Waals surface area contributed by atoms with E-state index in [0.717, 1.165) is 28.0 Å². The van der Waals surface area contributed by atoms with E-state index in [1.54, 1.807) is 0 Å². The quantitative estimate of drug-likeness (QED) is 0.688. The number of benzene rings is 2. The molecule has 94 valence electrons. The molecule has 1 heterocycles. The molecule has 0 amide bonds. The highest BCUT2D eigenvalue weighted by molar-refractivity contribution is 5.74. The van der Waals surface area contributed by atoms with Gasteiger partial charge < -0.3 is 4.74 Å². The summed E-state index contributed by atoms with van der Waals surface area (Å²) in [6.45, 7) is 3.92. The van der Waals surface area contributed by atoms with Gasteiger partial charge in [0.15, 0.2) is 0 Å². The summed E-state index contributed by atoms with van der Waals surface area (Å²) in [6, 6.07) is 15.7. The minimum absolute atomic E-state index is 0.563. The highest BCUT2D eigenvalue weighted by Gasteiger charge is 2.08. The number of fused-ring (bicyclic) bond motifs is 1. The monoisotopic (exact) mass is 250 g/mol. The lowest BCUT2D eigenvalue weighted by Crippen LogP contribution is -1.96. The molecule has 0 aliphatic carbocycles. The van der Waals surface area contributed by atoms with Crippen molar-refractivity contribution < 1.29 is 4.74 Å². The molecule has 3 heteroatoms. The summed E-state index contributed by atoms with van der Waals surface area (Å²) in [5.41, 5.74) is 3.60. The fourth-order valence-electron chi connectivity index (χ4n) is 1.94. The van der Waals surface area contributed by atoms with Crippen molar-refractivity contribution in [3.63, 3.8) is 0 Å². The fraction of sp³-hybridized carbons (Fsp3) is 0.125. The van der Waals surface area contributed by atoms with Crippen LogP contribution in [-0.2, 0) is 0 Å². The second-order valence-corrected chi connectivity index (χ2v) is 4.47. The van der Waals surface area contributed by atoms with Crippen LogP contribution in [0.2, 0.25) is 0 Å². The van der Waals surface area contributed by atoms with Gasteiger partial charge in [-0.15, -0.1) is 0 Å². The number of nitrogens with zero attached hydrogens (tertiary/aromatic N) is 2. The molecule has 0 unspecified atom stereocenters. The second-order valence-electron chi connectivity index (χ2n) is 4.47. The van der Waals surface area contributed by atoms with E-state index in [1.807, 2.05) is 62.4 Å². The van der Waals surface area contributed by atoms with Crippen molar-refractivity contribution >= 4 is 11.0 Å². The van der Waals surface area contributed by atoms with Crippen molar-refractivity contribution in [2.75, 3.05) is 0 Å². The lowest BCUT2D eigenvalue weighted by atomic mass is 10.2. The molecule has 0 saturated carbocycles. The van der Waals surface area contributed by atoms with Crippen LogP contribution in [-0.4, -0.2) is 9.97 Å². The Hall–Kier alpha value is -2.42. The summed E-state index contributed by atoms with van der Waals surface area (Å²) in [5, 5.41) is 0. The zero-order chi connectivity index (χ0) is 13.2. The van der Waals surface area contributed by atoms with Gasteiger partial charge in [0.2, 0.25) is 5.88 Å². The van der Waals surface area contributed by atoms with Crippen LogP contribution in [0.15, 0.2) is 48.5 Å². The molecule has 3 nitrogen and oxygen atoms in total. The Kier molecular flexibility index (Phi) is 2.88. The van der Waals surface area contributed by atoms with Crippen LogP contribution in [0.5, 0.6) is 11.6 Å². The van der Waals surface area contributed by atoms with Crippen molar-refractivity contribution in [1.82, 2.24) is 9.97 Å². The van der Waals surface area contributed by atoms with E-state index in [-0.39, 0.29) is 0 Å². The van der Waals surface area contributed by atoms with Gasteiger partial charge in [0.25, 0.3) is 0 Å². The van der Waals surface area contributed by atoms with Crippen molar-refractivity contribution in [1.29, 1.82) is 0 Å². The maximum Gasteiger partial charge on any atom is 0.241 e. The van der Waals surface area contributed by atoms with Crippen LogP contribution in [0.4, 0.5) is 0 Å². The molecule has 19 heavy (non-hydrogen) atoms. The van der Waals surface area contributed by atoms with Crippen LogP contribution >= 0.6 is 0 Å². The molecular formula is C16H14N2O. The largest absolute Gasteiger partial charge is 0.437 e. The highest BCUT2D eigenvalue weighted by Crippen LogP contribution is 2.26. The Morgan fingerprint density at radius 2 is 1.42 bits per heavy atom. The predicted molar refractivity (Wildman–Crippen MR) is 75.5 cm³/mol. The molecule has 0 spiro atoms. The molecule has 0 saturated heterocycles. The van der Waals surface area contributed by atoms with Gasteiger partial charge in [-0.1, -0.05) is 30.3 Å². The number of aromatic nitrogens is 2. The number of hydrogen-bond acceptors (Lipinski definition) is 3. The van der Waals surface area contributed by atoms with Crippen molar-refractivity contribution in [3.05, 3.63) is 59.8 Å². The first-order valence-electron chi connectivity index (χ1n) is 6.21. The summed E-state index contributed by atoms with van der Waals surface area (Å²) in [4.78, 5) is 9.04. The molecule has 0 atom stereocenters. The van der Waals surface area contributed by atoms with E-state index >= 15 is 0 Å². The number of para-hydroxylation sites is 3. The molecule has 3 aromatic rings. The summed E-state index contributed by atoms with van der Waals surface area (Å²) >= 11 is 0. The first kappa shape index (κ1) is 11.7. The van der Waals surface area contributed by atoms with Gasteiger partial charge in [0, 0.05) is 0 Å². The van der Waals surface area contributed by atoms with Gasteiger partial charge in [-0.05, 0) is 37.6 Å². The highest BCUT2D eigenvalue weighted by atomic mass is 16.5. The van der Waals surface area contributed by atoms with E-state index < -0.39 is 0 Å². The molecule has 0 aliphatic heterocycles. The molecule has 0 radical (unpaired) electrons. The van der Waals surface area contributed by atoms with Gasteiger partial charge in [-0.25, -0.2) is 9.97 Å². The lowest BCUT2D eigenvalue weighted by Gasteiger charge is -2.10. The van der Waals surface area contributed by atoms with Crippen LogP contribution in [0.1, 0.15) is 11.3 Å². The molecule has 1 aromatic heterocycles. The van der Waals surface area contributed by atoms with Gasteiger partial charge in [0.1, 0.15) is 11.4 Å². The average molecular weight is 250 g/mol. The Bertz CT molecular complexity index is 738. The average Bonchev–Trinajstić information content (AvgIpc) is 2.42. The molecular weight excluding hydrogens is 236 g/mol. The van der Waals surface area contributed by atoms with Gasteiger partial charge in [-0.2, -0.15) is 0 Å². The van der Waals surface area contributed by atoms with Crippen molar-refractivity contribution in [3.8, 4) is 11.6 Å². The van der Waals surface area contributed by atoms with E-state index in [2.05, 4.69) is 9.97 Å². The minimum Gasteiger partial charge on any atom is -0.437 e. The van der Waals surface area contributed by atoms with Crippen LogP contribution in [0.3, 0.4) is 0 Å². The zero-order valence-electron chi connectivity index (χ0n) is 10.9. The molecule has 0 aliphatic rings. The third kappa shape index (κ3) is 2.27. The second kappa shape index (κ2) is 4.69. The normalized spacial score (nSPS) is 10.6. The van der Waals surface area contributed by atoms with Crippen LogP contribution in [0, 0.1) is 13.8 Å². The fourth-order valence-corrected chi connectivity index (χ4v) is 1.94. The molecule has 0 N–H and O–H groups in total. The third-order valence-electron chi connectivity index (χ3n) is 3.00. The first-order valence-corrected chi connectivity index (χ1v) is 6.21. The molecule has 0 bridgehead atoms. The number of hydrogen-bond donors (Lipinski definition) is 0. The Morgan fingerprint density at radius 3 is 2.16 bits per heavy atom. The number of ether oxygens (including phenoxy) is 1. The van der Waals surface area contributed by atoms with E-state index in [0.29, 0.717) is 5.88 Å². The lowest BCUT2D eigenvalue weighted by molar-refractivity contribution is 0.454. The van der Waals surface area contributed by atoms with Crippen molar-refractivity contribution in [2.45, 2.75) is 13.8 Å². The Morgan fingerprint density at radius 1 is 0.789 bits per heavy atom. The Labute approximate surface area is 111 Å². The van der Waals surface area contributed by atoms with Crippen LogP contribution < -0.4 is 4.74 Å². The number of aryl methyl sites for hydroxylation is 2. The van der Waals surface area contributed by atoms with Crippen LogP contribution in [0.25, 0.3) is 11.0 Å². The number of rotatable bonds is 2. The van der Waals surface area contributed by atoms with Gasteiger partial charge in [-0.3, -0.25) is 0 Å². The minimum atomic E-state index is 0.563. The van der Waals surface area contributed by atoms with E-state index in [1.165, 1.54) is 0 Å². The molecule has 3 rings (SSSR count). The smallest absolute Gasteiger partial charge is 0.241 e. The maximum atomic E-state index is 5.87. The predicted octanol–water partition coefficient (Wildman–Crippen LogP) is 4.04. The van der Waals surface area contributed by atoms with E-state index in [4.69, 9.17) is 4.74 Å². The first-order chi connectivity index (χ1) is 9.24. The maximum absolute atomic E-state index is 5.87. The third-order valence-corrected chi connectivity index (χ3v) is 3.00. The SMILES string of the molecule is Cc1ccccc1Oc1nc2ccccc2nc1C. The topological polar surface area (TPSA) is 35.0 Å². The van der Waals surface area contributed by atoms with Gasteiger partial charge >= 0.3 is 0 Å². The summed E-state index contributed by atoms with van der Waals surface area (Å²) in [5.74, 6) is 1.38. The van der Waals surface area contributed by atoms with Crippen molar-refractivity contribution in [2.24, 2.45) is 0 Å².